The molecular formula is C9H11F3N2. The summed E-state index contributed by atoms with van der Waals surface area (Å²) in [4.78, 5) is 5.31. The van der Waals surface area contributed by atoms with Crippen molar-refractivity contribution >= 4 is 5.69 Å². The Hall–Kier alpha value is -1.26. The van der Waals surface area contributed by atoms with Crippen molar-refractivity contribution in [2.45, 2.75) is 13.1 Å². The Morgan fingerprint density at radius 3 is 2.29 bits per heavy atom. The third-order valence-corrected chi connectivity index (χ3v) is 1.87. The van der Waals surface area contributed by atoms with Gasteiger partial charge < -0.3 is 4.90 Å². The molecule has 0 spiro atoms. The molecule has 1 heterocycles. The summed E-state index contributed by atoms with van der Waals surface area (Å²) in [5, 5.41) is 0. The van der Waals surface area contributed by atoms with Crippen LogP contribution in [0.25, 0.3) is 0 Å². The van der Waals surface area contributed by atoms with Gasteiger partial charge >= 0.3 is 6.18 Å². The highest BCUT2D eigenvalue weighted by Crippen LogP contribution is 2.31. The average molecular weight is 204 g/mol. The Morgan fingerprint density at radius 1 is 1.29 bits per heavy atom. The molecule has 1 aromatic heterocycles. The summed E-state index contributed by atoms with van der Waals surface area (Å²) in [5.74, 6) is 0. The van der Waals surface area contributed by atoms with Crippen LogP contribution in [0.15, 0.2) is 12.3 Å². The third-order valence-electron chi connectivity index (χ3n) is 1.87. The lowest BCUT2D eigenvalue weighted by Crippen LogP contribution is -2.14. The van der Waals surface area contributed by atoms with Gasteiger partial charge in [-0.3, -0.25) is 4.98 Å². The summed E-state index contributed by atoms with van der Waals surface area (Å²) in [6.45, 7) is 1.68. The number of pyridine rings is 1. The maximum Gasteiger partial charge on any atom is 0.417 e. The van der Waals surface area contributed by atoms with Gasteiger partial charge in [-0.05, 0) is 13.0 Å². The molecule has 0 saturated heterocycles. The second kappa shape index (κ2) is 3.48. The van der Waals surface area contributed by atoms with Crippen LogP contribution in [0.3, 0.4) is 0 Å². The lowest BCUT2D eigenvalue weighted by molar-refractivity contribution is -0.137. The molecule has 0 amide bonds. The van der Waals surface area contributed by atoms with Crippen LogP contribution in [0.5, 0.6) is 0 Å². The highest BCUT2D eigenvalue weighted by molar-refractivity contribution is 5.50. The topological polar surface area (TPSA) is 16.1 Å². The zero-order chi connectivity index (χ0) is 10.9. The van der Waals surface area contributed by atoms with E-state index in [0.717, 1.165) is 12.3 Å². The second-order valence-corrected chi connectivity index (χ2v) is 3.22. The molecule has 0 bridgehead atoms. The van der Waals surface area contributed by atoms with Gasteiger partial charge in [-0.25, -0.2) is 0 Å². The quantitative estimate of drug-likeness (QED) is 0.698. The van der Waals surface area contributed by atoms with Gasteiger partial charge in [0.05, 0.1) is 16.9 Å². The number of alkyl halides is 3. The number of hydrogen-bond acceptors (Lipinski definition) is 2. The minimum Gasteiger partial charge on any atom is -0.376 e. The number of aryl methyl sites for hydroxylation is 1. The smallest absolute Gasteiger partial charge is 0.376 e. The zero-order valence-corrected chi connectivity index (χ0v) is 8.18. The van der Waals surface area contributed by atoms with Crippen LogP contribution in [0, 0.1) is 6.92 Å². The van der Waals surface area contributed by atoms with Crippen molar-refractivity contribution in [3.05, 3.63) is 23.5 Å². The van der Waals surface area contributed by atoms with Gasteiger partial charge in [0.2, 0.25) is 0 Å². The molecule has 0 aliphatic carbocycles. The standard InChI is InChI=1S/C9H11F3N2/c1-6-8(14(2)3)4-7(5-13-6)9(10,11)12/h4-5H,1-3H3. The van der Waals surface area contributed by atoms with Gasteiger partial charge in [-0.15, -0.1) is 0 Å². The lowest BCUT2D eigenvalue weighted by Gasteiger charge is -2.16. The molecule has 0 N–H and O–H groups in total. The number of hydrogen-bond donors (Lipinski definition) is 0. The summed E-state index contributed by atoms with van der Waals surface area (Å²) in [6.07, 6.45) is -3.48. The van der Waals surface area contributed by atoms with Crippen LogP contribution in [0.4, 0.5) is 18.9 Å². The predicted octanol–water partition coefficient (Wildman–Crippen LogP) is 2.47. The van der Waals surface area contributed by atoms with E-state index in [0.29, 0.717) is 11.4 Å². The van der Waals surface area contributed by atoms with Crippen molar-refractivity contribution < 1.29 is 13.2 Å². The van der Waals surface area contributed by atoms with E-state index in [1.165, 1.54) is 0 Å². The normalized spacial score (nSPS) is 11.6. The van der Waals surface area contributed by atoms with Crippen LogP contribution in [0.2, 0.25) is 0 Å². The molecule has 5 heteroatoms. The Bertz CT molecular complexity index is 331. The number of aromatic nitrogens is 1. The summed E-state index contributed by atoms with van der Waals surface area (Å²) >= 11 is 0. The number of halogens is 3. The highest BCUT2D eigenvalue weighted by atomic mass is 19.4. The number of nitrogens with zero attached hydrogens (tertiary/aromatic N) is 2. The molecule has 0 aliphatic heterocycles. The predicted molar refractivity (Wildman–Crippen MR) is 48.3 cm³/mol. The van der Waals surface area contributed by atoms with Crippen LogP contribution < -0.4 is 4.90 Å². The molecule has 78 valence electrons. The van der Waals surface area contributed by atoms with Crippen molar-refractivity contribution in [3.8, 4) is 0 Å². The first-order valence-corrected chi connectivity index (χ1v) is 4.03. The summed E-state index contributed by atoms with van der Waals surface area (Å²) in [6, 6.07) is 1.10. The van der Waals surface area contributed by atoms with E-state index in [4.69, 9.17) is 0 Å². The number of anilines is 1. The zero-order valence-electron chi connectivity index (χ0n) is 8.18. The largest absolute Gasteiger partial charge is 0.417 e. The van der Waals surface area contributed by atoms with E-state index in [1.807, 2.05) is 0 Å². The molecule has 2 nitrogen and oxygen atoms in total. The number of rotatable bonds is 1. The fourth-order valence-electron chi connectivity index (χ4n) is 1.13. The van der Waals surface area contributed by atoms with Crippen molar-refractivity contribution in [2.24, 2.45) is 0 Å². The SMILES string of the molecule is Cc1ncc(C(F)(F)F)cc1N(C)C. The van der Waals surface area contributed by atoms with Crippen LogP contribution in [-0.2, 0) is 6.18 Å². The third kappa shape index (κ3) is 2.16. The first kappa shape index (κ1) is 10.8. The fraction of sp³-hybridized carbons (Fsp3) is 0.444. The van der Waals surface area contributed by atoms with Gasteiger partial charge in [-0.2, -0.15) is 13.2 Å². The maximum absolute atomic E-state index is 12.3. The molecule has 0 aromatic carbocycles. The van der Waals surface area contributed by atoms with Gasteiger partial charge in [0, 0.05) is 20.3 Å². The minimum atomic E-state index is -4.33. The molecular weight excluding hydrogens is 193 g/mol. The lowest BCUT2D eigenvalue weighted by atomic mass is 10.2. The van der Waals surface area contributed by atoms with Crippen molar-refractivity contribution in [2.75, 3.05) is 19.0 Å². The van der Waals surface area contributed by atoms with Crippen molar-refractivity contribution in [3.63, 3.8) is 0 Å². The fourth-order valence-corrected chi connectivity index (χ4v) is 1.13. The van der Waals surface area contributed by atoms with E-state index in [-0.39, 0.29) is 0 Å². The van der Waals surface area contributed by atoms with Crippen LogP contribution >= 0.6 is 0 Å². The molecule has 0 unspecified atom stereocenters. The maximum atomic E-state index is 12.3. The second-order valence-electron chi connectivity index (χ2n) is 3.22. The van der Waals surface area contributed by atoms with Gasteiger partial charge in [0.1, 0.15) is 0 Å². The van der Waals surface area contributed by atoms with Crippen LogP contribution in [0.1, 0.15) is 11.3 Å². The Labute approximate surface area is 80.4 Å². The molecule has 0 aliphatic rings. The first-order chi connectivity index (χ1) is 6.32. The van der Waals surface area contributed by atoms with Gasteiger partial charge in [0.15, 0.2) is 0 Å². The van der Waals surface area contributed by atoms with E-state index in [2.05, 4.69) is 4.98 Å². The summed E-state index contributed by atoms with van der Waals surface area (Å²) < 4.78 is 36.9. The Morgan fingerprint density at radius 2 is 1.86 bits per heavy atom. The van der Waals surface area contributed by atoms with Crippen molar-refractivity contribution in [1.29, 1.82) is 0 Å². The molecule has 0 atom stereocenters. The molecule has 1 rings (SSSR count). The van der Waals surface area contributed by atoms with E-state index in [1.54, 1.807) is 25.9 Å². The molecule has 0 fully saturated rings. The Kier molecular flexibility index (Phi) is 2.69. The minimum absolute atomic E-state index is 0.486. The molecule has 0 radical (unpaired) electrons. The highest BCUT2D eigenvalue weighted by Gasteiger charge is 2.31. The molecule has 14 heavy (non-hydrogen) atoms. The van der Waals surface area contributed by atoms with E-state index >= 15 is 0 Å². The average Bonchev–Trinajstić information content (AvgIpc) is 2.02. The monoisotopic (exact) mass is 204 g/mol. The van der Waals surface area contributed by atoms with Crippen LogP contribution in [-0.4, -0.2) is 19.1 Å². The van der Waals surface area contributed by atoms with E-state index in [9.17, 15) is 13.2 Å². The summed E-state index contributed by atoms with van der Waals surface area (Å²) in [7, 11) is 3.37. The van der Waals surface area contributed by atoms with E-state index < -0.39 is 11.7 Å². The van der Waals surface area contributed by atoms with Crippen molar-refractivity contribution in [1.82, 2.24) is 4.98 Å². The first-order valence-electron chi connectivity index (χ1n) is 4.03. The summed E-state index contributed by atoms with van der Waals surface area (Å²) in [5.41, 5.74) is 0.356. The molecule has 1 aromatic rings. The Balaban J connectivity index is 3.20. The van der Waals surface area contributed by atoms with Gasteiger partial charge in [0.25, 0.3) is 0 Å². The van der Waals surface area contributed by atoms with Gasteiger partial charge in [-0.1, -0.05) is 0 Å². The molecule has 0 saturated carbocycles.